The van der Waals surface area contributed by atoms with Gasteiger partial charge in [0.05, 0.1) is 24.3 Å². The summed E-state index contributed by atoms with van der Waals surface area (Å²) in [4.78, 5) is 7.83. The normalized spacial score (nSPS) is 11.1. The molecule has 16 heavy (non-hydrogen) atoms. The smallest absolute Gasteiger partial charge is 0.264 e. The van der Waals surface area contributed by atoms with E-state index in [-0.39, 0.29) is 6.61 Å². The van der Waals surface area contributed by atoms with Crippen molar-refractivity contribution in [2.45, 2.75) is 6.61 Å². The number of rotatable bonds is 6. The molecule has 1 rings (SSSR count). The van der Waals surface area contributed by atoms with Crippen LogP contribution in [0.2, 0.25) is 0 Å². The van der Waals surface area contributed by atoms with E-state index in [9.17, 15) is 8.42 Å². The van der Waals surface area contributed by atoms with Crippen LogP contribution in [0, 0.1) is 0 Å². The third-order valence-corrected chi connectivity index (χ3v) is 2.00. The van der Waals surface area contributed by atoms with Crippen molar-refractivity contribution in [3.63, 3.8) is 0 Å². The van der Waals surface area contributed by atoms with Crippen molar-refractivity contribution in [2.24, 2.45) is 0 Å². The van der Waals surface area contributed by atoms with E-state index in [1.807, 2.05) is 0 Å². The molecular formula is C9H12N2O4S. The van der Waals surface area contributed by atoms with E-state index in [0.717, 1.165) is 6.26 Å². The quantitative estimate of drug-likeness (QED) is 0.536. The highest BCUT2D eigenvalue weighted by Crippen LogP contribution is 2.05. The maximum atomic E-state index is 10.7. The third kappa shape index (κ3) is 4.85. The molecular weight excluding hydrogens is 232 g/mol. The molecule has 0 saturated heterocycles. The van der Waals surface area contributed by atoms with Crippen molar-refractivity contribution in [1.82, 2.24) is 9.97 Å². The van der Waals surface area contributed by atoms with Crippen LogP contribution in [0.15, 0.2) is 25.0 Å². The van der Waals surface area contributed by atoms with E-state index in [1.54, 1.807) is 6.08 Å². The monoisotopic (exact) mass is 244 g/mol. The molecule has 0 aliphatic heterocycles. The van der Waals surface area contributed by atoms with Crippen LogP contribution in [-0.2, 0) is 20.9 Å². The molecule has 0 spiro atoms. The zero-order chi connectivity index (χ0) is 12.0. The first-order valence-electron chi connectivity index (χ1n) is 4.40. The van der Waals surface area contributed by atoms with Crippen LogP contribution >= 0.6 is 0 Å². The Morgan fingerprint density at radius 1 is 1.44 bits per heavy atom. The van der Waals surface area contributed by atoms with Crippen LogP contribution in [-0.4, -0.2) is 31.2 Å². The topological polar surface area (TPSA) is 78.4 Å². The minimum atomic E-state index is -3.46. The summed E-state index contributed by atoms with van der Waals surface area (Å²) in [5.41, 5.74) is 0.413. The standard InChI is InChI=1S/C9H12N2O4S/c1-3-4-14-9-6-10-8(5-11-9)7-15-16(2,12)13/h3,5-6H,1,4,7H2,2H3. The maximum absolute atomic E-state index is 10.7. The Kier molecular flexibility index (Phi) is 4.39. The van der Waals surface area contributed by atoms with Crippen LogP contribution in [0.5, 0.6) is 5.88 Å². The van der Waals surface area contributed by atoms with Gasteiger partial charge in [0, 0.05) is 0 Å². The van der Waals surface area contributed by atoms with Crippen molar-refractivity contribution < 1.29 is 17.3 Å². The first-order valence-corrected chi connectivity index (χ1v) is 6.22. The molecule has 0 aromatic carbocycles. The Balaban J connectivity index is 2.54. The lowest BCUT2D eigenvalue weighted by atomic mass is 10.5. The Labute approximate surface area is 94.1 Å². The second-order valence-corrected chi connectivity index (χ2v) is 4.56. The van der Waals surface area contributed by atoms with Crippen molar-refractivity contribution in [2.75, 3.05) is 12.9 Å². The van der Waals surface area contributed by atoms with E-state index in [1.165, 1.54) is 12.4 Å². The predicted molar refractivity (Wildman–Crippen MR) is 57.4 cm³/mol. The summed E-state index contributed by atoms with van der Waals surface area (Å²) in [6.45, 7) is 3.70. The molecule has 1 heterocycles. The van der Waals surface area contributed by atoms with Crippen LogP contribution in [0.4, 0.5) is 0 Å². The average molecular weight is 244 g/mol. The highest BCUT2D eigenvalue weighted by molar-refractivity contribution is 7.85. The van der Waals surface area contributed by atoms with Gasteiger partial charge in [0.2, 0.25) is 5.88 Å². The van der Waals surface area contributed by atoms with Crippen molar-refractivity contribution in [3.05, 3.63) is 30.7 Å². The lowest BCUT2D eigenvalue weighted by molar-refractivity contribution is 0.304. The SMILES string of the molecule is C=CCOc1cnc(COS(C)(=O)=O)cn1. The van der Waals surface area contributed by atoms with Gasteiger partial charge in [0.1, 0.15) is 13.2 Å². The first kappa shape index (κ1) is 12.6. The van der Waals surface area contributed by atoms with Crippen molar-refractivity contribution in [3.8, 4) is 5.88 Å². The number of ether oxygens (including phenoxy) is 1. The lowest BCUT2D eigenvalue weighted by Crippen LogP contribution is -2.05. The molecule has 0 saturated carbocycles. The fourth-order valence-corrected chi connectivity index (χ4v) is 1.14. The summed E-state index contributed by atoms with van der Waals surface area (Å²) >= 11 is 0. The van der Waals surface area contributed by atoms with E-state index < -0.39 is 10.1 Å². The number of hydrogen-bond acceptors (Lipinski definition) is 6. The van der Waals surface area contributed by atoms with Gasteiger partial charge in [-0.25, -0.2) is 4.98 Å². The second kappa shape index (κ2) is 5.57. The highest BCUT2D eigenvalue weighted by Gasteiger charge is 2.04. The van der Waals surface area contributed by atoms with Gasteiger partial charge < -0.3 is 4.74 Å². The second-order valence-electron chi connectivity index (χ2n) is 2.91. The molecule has 6 nitrogen and oxygen atoms in total. The van der Waals surface area contributed by atoms with Gasteiger partial charge in [-0.15, -0.1) is 0 Å². The molecule has 0 amide bonds. The van der Waals surface area contributed by atoms with Crippen LogP contribution in [0.1, 0.15) is 5.69 Å². The molecule has 0 N–H and O–H groups in total. The average Bonchev–Trinajstić information content (AvgIpc) is 2.24. The summed E-state index contributed by atoms with van der Waals surface area (Å²) in [6.07, 6.45) is 5.35. The van der Waals surface area contributed by atoms with E-state index >= 15 is 0 Å². The number of hydrogen-bond donors (Lipinski definition) is 0. The molecule has 0 atom stereocenters. The zero-order valence-corrected chi connectivity index (χ0v) is 9.61. The Bertz CT molecular complexity index is 441. The highest BCUT2D eigenvalue weighted by atomic mass is 32.2. The first-order chi connectivity index (χ1) is 7.51. The molecule has 7 heteroatoms. The minimum Gasteiger partial charge on any atom is -0.472 e. The molecule has 0 aliphatic carbocycles. The molecule has 0 fully saturated rings. The maximum Gasteiger partial charge on any atom is 0.264 e. The molecule has 1 aromatic heterocycles. The molecule has 0 bridgehead atoms. The molecule has 1 aromatic rings. The van der Waals surface area contributed by atoms with E-state index in [0.29, 0.717) is 18.2 Å². The minimum absolute atomic E-state index is 0.131. The van der Waals surface area contributed by atoms with Gasteiger partial charge in [0.15, 0.2) is 0 Å². The number of nitrogens with zero attached hydrogens (tertiary/aromatic N) is 2. The fraction of sp³-hybridized carbons (Fsp3) is 0.333. The van der Waals surface area contributed by atoms with Gasteiger partial charge in [-0.3, -0.25) is 9.17 Å². The summed E-state index contributed by atoms with van der Waals surface area (Å²) in [5, 5.41) is 0. The van der Waals surface area contributed by atoms with E-state index in [2.05, 4.69) is 20.7 Å². The summed E-state index contributed by atoms with van der Waals surface area (Å²) < 4.78 is 31.1. The zero-order valence-electron chi connectivity index (χ0n) is 8.79. The molecule has 88 valence electrons. The van der Waals surface area contributed by atoms with Gasteiger partial charge >= 0.3 is 0 Å². The Morgan fingerprint density at radius 3 is 2.69 bits per heavy atom. The van der Waals surface area contributed by atoms with Gasteiger partial charge in [-0.2, -0.15) is 8.42 Å². The number of aromatic nitrogens is 2. The van der Waals surface area contributed by atoms with Crippen LogP contribution in [0.3, 0.4) is 0 Å². The summed E-state index contributed by atoms with van der Waals surface area (Å²) in [6, 6.07) is 0. The van der Waals surface area contributed by atoms with Gasteiger partial charge in [-0.05, 0) is 0 Å². The largest absolute Gasteiger partial charge is 0.472 e. The predicted octanol–water partition coefficient (Wildman–Crippen LogP) is 0.518. The van der Waals surface area contributed by atoms with Crippen LogP contribution < -0.4 is 4.74 Å². The molecule has 0 radical (unpaired) electrons. The van der Waals surface area contributed by atoms with Gasteiger partial charge in [0.25, 0.3) is 10.1 Å². The summed E-state index contributed by atoms with van der Waals surface area (Å²) in [5.74, 6) is 0.350. The van der Waals surface area contributed by atoms with Crippen LogP contribution in [0.25, 0.3) is 0 Å². The molecule has 0 unspecified atom stereocenters. The Morgan fingerprint density at radius 2 is 2.19 bits per heavy atom. The Hall–Kier alpha value is -1.47. The van der Waals surface area contributed by atoms with E-state index in [4.69, 9.17) is 4.74 Å². The van der Waals surface area contributed by atoms with Crippen molar-refractivity contribution >= 4 is 10.1 Å². The van der Waals surface area contributed by atoms with Gasteiger partial charge in [-0.1, -0.05) is 12.7 Å². The third-order valence-electron chi connectivity index (χ3n) is 1.45. The summed E-state index contributed by atoms with van der Waals surface area (Å²) in [7, 11) is -3.46. The fourth-order valence-electron chi connectivity index (χ4n) is 0.804. The molecule has 0 aliphatic rings. The lowest BCUT2D eigenvalue weighted by Gasteiger charge is -2.03. The van der Waals surface area contributed by atoms with Crippen molar-refractivity contribution in [1.29, 1.82) is 0 Å².